The zero-order valence-electron chi connectivity index (χ0n) is 13.1. The highest BCUT2D eigenvalue weighted by molar-refractivity contribution is 8.18. The number of ether oxygens (including phenoxy) is 2. The van der Waals surface area contributed by atoms with Gasteiger partial charge < -0.3 is 9.47 Å². The summed E-state index contributed by atoms with van der Waals surface area (Å²) in [5.41, 5.74) is 0.734. The quantitative estimate of drug-likeness (QED) is 0.776. The number of thioether (sulfide) groups is 1. The molecule has 1 saturated heterocycles. The molecule has 1 aliphatic rings. The zero-order valence-corrected chi connectivity index (χ0v) is 13.9. The molecule has 2 rings (SSSR count). The van der Waals surface area contributed by atoms with E-state index in [1.54, 1.807) is 38.5 Å². The van der Waals surface area contributed by atoms with Gasteiger partial charge >= 0.3 is 0 Å². The van der Waals surface area contributed by atoms with Crippen LogP contribution in [0.3, 0.4) is 0 Å². The van der Waals surface area contributed by atoms with Gasteiger partial charge in [-0.15, -0.1) is 0 Å². The maximum atomic E-state index is 12.4. The molecule has 0 unspecified atom stereocenters. The first kappa shape index (κ1) is 16.4. The number of hydrogen-bond acceptors (Lipinski definition) is 5. The molecule has 1 aromatic rings. The van der Waals surface area contributed by atoms with Crippen molar-refractivity contribution in [2.75, 3.05) is 14.2 Å². The van der Waals surface area contributed by atoms with Gasteiger partial charge in [-0.1, -0.05) is 6.92 Å². The second-order valence-electron chi connectivity index (χ2n) is 4.92. The summed E-state index contributed by atoms with van der Waals surface area (Å²) in [4.78, 5) is 26.1. The number of benzene rings is 1. The maximum absolute atomic E-state index is 12.4. The summed E-state index contributed by atoms with van der Waals surface area (Å²) in [6.45, 7) is 3.82. The van der Waals surface area contributed by atoms with Gasteiger partial charge in [-0.05, 0) is 43.3 Å². The lowest BCUT2D eigenvalue weighted by Gasteiger charge is -2.19. The second-order valence-corrected chi connectivity index (χ2v) is 5.91. The van der Waals surface area contributed by atoms with Crippen molar-refractivity contribution < 1.29 is 19.1 Å². The highest BCUT2D eigenvalue weighted by atomic mass is 32.2. The molecule has 5 nitrogen and oxygen atoms in total. The van der Waals surface area contributed by atoms with E-state index in [0.717, 1.165) is 23.7 Å². The van der Waals surface area contributed by atoms with Crippen molar-refractivity contribution in [2.45, 2.75) is 26.3 Å². The Morgan fingerprint density at radius 1 is 1.27 bits per heavy atom. The smallest absolute Gasteiger partial charge is 0.293 e. The largest absolute Gasteiger partial charge is 0.497 e. The summed E-state index contributed by atoms with van der Waals surface area (Å²) in [5, 5.41) is -0.224. The molecule has 1 heterocycles. The SMILES string of the molecule is CC[C@@H](C)N1C(=O)S/C(=C/c2ccc(OC)cc2OC)C1=O. The van der Waals surface area contributed by atoms with Crippen molar-refractivity contribution in [2.24, 2.45) is 0 Å². The molecule has 118 valence electrons. The Balaban J connectivity index is 2.34. The van der Waals surface area contributed by atoms with Crippen LogP contribution in [0.25, 0.3) is 6.08 Å². The molecule has 0 aliphatic carbocycles. The van der Waals surface area contributed by atoms with E-state index in [4.69, 9.17) is 9.47 Å². The lowest BCUT2D eigenvalue weighted by atomic mass is 10.1. The molecule has 6 heteroatoms. The van der Waals surface area contributed by atoms with Crippen LogP contribution in [0.15, 0.2) is 23.1 Å². The van der Waals surface area contributed by atoms with E-state index >= 15 is 0 Å². The Bertz CT molecular complexity index is 627. The summed E-state index contributed by atoms with van der Waals surface area (Å²) in [6.07, 6.45) is 2.42. The van der Waals surface area contributed by atoms with E-state index in [1.165, 1.54) is 4.90 Å². The normalized spacial score (nSPS) is 18.0. The first-order chi connectivity index (χ1) is 10.5. The van der Waals surface area contributed by atoms with E-state index in [1.807, 2.05) is 13.8 Å². The summed E-state index contributed by atoms with van der Waals surface area (Å²) in [5.74, 6) is 1.01. The van der Waals surface area contributed by atoms with Gasteiger partial charge in [0.15, 0.2) is 0 Å². The summed E-state index contributed by atoms with van der Waals surface area (Å²) < 4.78 is 10.5. The predicted molar refractivity (Wildman–Crippen MR) is 87.1 cm³/mol. The standard InChI is InChI=1S/C16H19NO4S/c1-5-10(2)17-15(18)14(22-16(17)19)8-11-6-7-12(20-3)9-13(11)21-4/h6-10H,5H2,1-4H3/b14-8+/t10-/m1/s1. The van der Waals surface area contributed by atoms with Crippen LogP contribution in [-0.2, 0) is 4.79 Å². The van der Waals surface area contributed by atoms with Crippen LogP contribution in [0.4, 0.5) is 4.79 Å². The van der Waals surface area contributed by atoms with Crippen LogP contribution in [-0.4, -0.2) is 36.3 Å². The van der Waals surface area contributed by atoms with Crippen molar-refractivity contribution in [3.63, 3.8) is 0 Å². The highest BCUT2D eigenvalue weighted by Crippen LogP contribution is 2.36. The number of amides is 2. The Morgan fingerprint density at radius 2 is 2.00 bits per heavy atom. The fraction of sp³-hybridized carbons (Fsp3) is 0.375. The molecule has 1 fully saturated rings. The Hall–Kier alpha value is -1.95. The number of carbonyl (C=O) groups is 2. The summed E-state index contributed by atoms with van der Waals surface area (Å²) in [6, 6.07) is 5.23. The zero-order chi connectivity index (χ0) is 16.3. The minimum absolute atomic E-state index is 0.101. The topological polar surface area (TPSA) is 55.8 Å². The number of nitrogens with zero attached hydrogens (tertiary/aromatic N) is 1. The third-order valence-electron chi connectivity index (χ3n) is 3.58. The molecule has 2 amide bonds. The Labute approximate surface area is 134 Å². The fourth-order valence-corrected chi connectivity index (χ4v) is 3.04. The molecule has 0 bridgehead atoms. The van der Waals surface area contributed by atoms with Crippen LogP contribution in [0, 0.1) is 0 Å². The number of hydrogen-bond donors (Lipinski definition) is 0. The molecular weight excluding hydrogens is 302 g/mol. The maximum Gasteiger partial charge on any atom is 0.293 e. The number of rotatable bonds is 5. The molecule has 1 atom stereocenters. The molecule has 0 saturated carbocycles. The van der Waals surface area contributed by atoms with Crippen LogP contribution >= 0.6 is 11.8 Å². The van der Waals surface area contributed by atoms with Crippen molar-refractivity contribution in [1.29, 1.82) is 0 Å². The van der Waals surface area contributed by atoms with Crippen LogP contribution in [0.1, 0.15) is 25.8 Å². The number of imide groups is 1. The minimum Gasteiger partial charge on any atom is -0.497 e. The van der Waals surface area contributed by atoms with Crippen LogP contribution in [0.2, 0.25) is 0 Å². The average molecular weight is 321 g/mol. The molecule has 0 N–H and O–H groups in total. The lowest BCUT2D eigenvalue weighted by Crippen LogP contribution is -2.36. The van der Waals surface area contributed by atoms with Gasteiger partial charge in [0.25, 0.3) is 11.1 Å². The van der Waals surface area contributed by atoms with Crippen molar-refractivity contribution in [3.8, 4) is 11.5 Å². The highest BCUT2D eigenvalue weighted by Gasteiger charge is 2.37. The van der Waals surface area contributed by atoms with E-state index in [-0.39, 0.29) is 17.2 Å². The van der Waals surface area contributed by atoms with Gasteiger partial charge in [0.1, 0.15) is 11.5 Å². The molecule has 22 heavy (non-hydrogen) atoms. The van der Waals surface area contributed by atoms with Crippen molar-refractivity contribution in [3.05, 3.63) is 28.7 Å². The van der Waals surface area contributed by atoms with Gasteiger partial charge in [0.2, 0.25) is 0 Å². The van der Waals surface area contributed by atoms with Gasteiger partial charge in [0, 0.05) is 17.7 Å². The second kappa shape index (κ2) is 6.87. The first-order valence-corrected chi connectivity index (χ1v) is 7.82. The molecule has 0 spiro atoms. The van der Waals surface area contributed by atoms with Gasteiger partial charge in [0.05, 0.1) is 19.1 Å². The van der Waals surface area contributed by atoms with Crippen LogP contribution < -0.4 is 9.47 Å². The van der Waals surface area contributed by atoms with E-state index in [9.17, 15) is 9.59 Å². The molecule has 1 aliphatic heterocycles. The van der Waals surface area contributed by atoms with Crippen LogP contribution in [0.5, 0.6) is 11.5 Å². The van der Waals surface area contributed by atoms with Gasteiger partial charge in [-0.25, -0.2) is 0 Å². The third kappa shape index (κ3) is 3.11. The average Bonchev–Trinajstić information content (AvgIpc) is 2.81. The summed E-state index contributed by atoms with van der Waals surface area (Å²) >= 11 is 0.961. The van der Waals surface area contributed by atoms with E-state index in [2.05, 4.69) is 0 Å². The Morgan fingerprint density at radius 3 is 2.59 bits per heavy atom. The Kier molecular flexibility index (Phi) is 5.13. The van der Waals surface area contributed by atoms with Gasteiger partial charge in [-0.3, -0.25) is 14.5 Å². The predicted octanol–water partition coefficient (Wildman–Crippen LogP) is 3.54. The number of methoxy groups -OCH3 is 2. The third-order valence-corrected chi connectivity index (χ3v) is 4.47. The molecule has 0 aromatic heterocycles. The molecule has 0 radical (unpaired) electrons. The van der Waals surface area contributed by atoms with Gasteiger partial charge in [-0.2, -0.15) is 0 Å². The molecule has 1 aromatic carbocycles. The van der Waals surface area contributed by atoms with E-state index in [0.29, 0.717) is 16.4 Å². The van der Waals surface area contributed by atoms with Crippen molar-refractivity contribution in [1.82, 2.24) is 4.90 Å². The van der Waals surface area contributed by atoms with E-state index < -0.39 is 0 Å². The first-order valence-electron chi connectivity index (χ1n) is 7.00. The van der Waals surface area contributed by atoms with Crippen molar-refractivity contribution >= 4 is 29.0 Å². The number of carbonyl (C=O) groups excluding carboxylic acids is 2. The lowest BCUT2D eigenvalue weighted by molar-refractivity contribution is -0.124. The fourth-order valence-electron chi connectivity index (χ4n) is 2.12. The molecular formula is C16H19NO4S. The minimum atomic E-state index is -0.248. The summed E-state index contributed by atoms with van der Waals surface area (Å²) in [7, 11) is 3.13. The monoisotopic (exact) mass is 321 g/mol.